The van der Waals surface area contributed by atoms with Gasteiger partial charge in [-0.25, -0.2) is 0 Å². The summed E-state index contributed by atoms with van der Waals surface area (Å²) in [6.45, 7) is 8.24. The van der Waals surface area contributed by atoms with Gasteiger partial charge in [-0.1, -0.05) is 43.8 Å². The first kappa shape index (κ1) is 13.0. The van der Waals surface area contributed by atoms with Gasteiger partial charge in [0, 0.05) is 15.7 Å². The van der Waals surface area contributed by atoms with Gasteiger partial charge in [-0.2, -0.15) is 0 Å². The summed E-state index contributed by atoms with van der Waals surface area (Å²) in [5.41, 5.74) is 5.41. The first-order valence-corrected chi connectivity index (χ1v) is 6.83. The number of benzene rings is 1. The van der Waals surface area contributed by atoms with Crippen LogP contribution in [0.3, 0.4) is 0 Å². The molecule has 0 fully saturated rings. The van der Waals surface area contributed by atoms with E-state index >= 15 is 0 Å². The highest BCUT2D eigenvalue weighted by molar-refractivity contribution is 9.10. The van der Waals surface area contributed by atoms with E-state index in [4.69, 9.17) is 4.98 Å². The molecule has 92 valence electrons. The normalized spacial score (nSPS) is 10.4. The molecule has 0 saturated heterocycles. The average Bonchev–Trinajstić information content (AvgIpc) is 2.41. The molecule has 0 N–H and O–H groups in total. The molecule has 0 bridgehead atoms. The van der Waals surface area contributed by atoms with E-state index in [0.29, 0.717) is 0 Å². The van der Waals surface area contributed by atoms with Crippen molar-refractivity contribution in [3.8, 4) is 11.3 Å². The van der Waals surface area contributed by atoms with Crippen molar-refractivity contribution in [3.05, 3.63) is 58.7 Å². The predicted molar refractivity (Wildman–Crippen MR) is 81.4 cm³/mol. The smallest absolute Gasteiger partial charge is 0.0847 e. The van der Waals surface area contributed by atoms with Crippen LogP contribution in [0.1, 0.15) is 24.6 Å². The molecule has 0 spiro atoms. The third-order valence-electron chi connectivity index (χ3n) is 3.02. The molecule has 0 aliphatic rings. The Hall–Kier alpha value is -1.41. The van der Waals surface area contributed by atoms with Gasteiger partial charge in [0.2, 0.25) is 0 Å². The molecule has 2 aromatic rings. The summed E-state index contributed by atoms with van der Waals surface area (Å²) >= 11 is 3.61. The highest BCUT2D eigenvalue weighted by atomic mass is 79.9. The fourth-order valence-electron chi connectivity index (χ4n) is 1.93. The molecule has 0 radical (unpaired) electrons. The maximum atomic E-state index is 4.70. The Labute approximate surface area is 117 Å². The summed E-state index contributed by atoms with van der Waals surface area (Å²) in [7, 11) is 0. The molecule has 1 aromatic heterocycles. The lowest BCUT2D eigenvalue weighted by atomic mass is 10.0. The van der Waals surface area contributed by atoms with Gasteiger partial charge in [-0.15, -0.1) is 0 Å². The second kappa shape index (κ2) is 5.49. The molecule has 0 aliphatic carbocycles. The summed E-state index contributed by atoms with van der Waals surface area (Å²) in [5.74, 6) is 0. The van der Waals surface area contributed by atoms with Gasteiger partial charge >= 0.3 is 0 Å². The van der Waals surface area contributed by atoms with Gasteiger partial charge in [0.1, 0.15) is 0 Å². The van der Waals surface area contributed by atoms with Crippen LogP contribution in [-0.4, -0.2) is 4.98 Å². The van der Waals surface area contributed by atoms with Crippen LogP contribution in [-0.2, 0) is 0 Å². The molecule has 0 unspecified atom stereocenters. The molecule has 2 heteroatoms. The van der Waals surface area contributed by atoms with E-state index in [1.807, 2.05) is 25.1 Å². The van der Waals surface area contributed by atoms with Gasteiger partial charge in [-0.05, 0) is 46.5 Å². The lowest BCUT2D eigenvalue weighted by Crippen LogP contribution is -1.95. The quantitative estimate of drug-likeness (QED) is 0.755. The number of hydrogen-bond donors (Lipinski definition) is 0. The fraction of sp³-hybridized carbons (Fsp3) is 0.188. The molecule has 0 atom stereocenters. The van der Waals surface area contributed by atoms with E-state index in [1.165, 1.54) is 0 Å². The van der Waals surface area contributed by atoms with E-state index in [2.05, 4.69) is 47.6 Å². The van der Waals surface area contributed by atoms with Crippen molar-refractivity contribution in [3.63, 3.8) is 0 Å². The van der Waals surface area contributed by atoms with Crippen LogP contribution in [0.15, 0.2) is 47.4 Å². The third kappa shape index (κ3) is 2.54. The number of aryl methyl sites for hydroxylation is 1. The van der Waals surface area contributed by atoms with E-state index in [1.54, 1.807) is 0 Å². The number of rotatable bonds is 3. The topological polar surface area (TPSA) is 12.9 Å². The Morgan fingerprint density at radius 1 is 1.28 bits per heavy atom. The number of halogens is 1. The standard InChI is InChI=1S/C16H16BrN/c1-4-11(2)14-10-15(17)16(18-12(14)3)13-8-6-5-7-9-13/h5-10H,2,4H2,1,3H3. The molecule has 1 heterocycles. The number of pyridine rings is 1. The van der Waals surface area contributed by atoms with Crippen LogP contribution in [0, 0.1) is 6.92 Å². The van der Waals surface area contributed by atoms with Crippen LogP contribution in [0.4, 0.5) is 0 Å². The van der Waals surface area contributed by atoms with E-state index < -0.39 is 0 Å². The predicted octanol–water partition coefficient (Wildman–Crippen LogP) is 5.24. The third-order valence-corrected chi connectivity index (χ3v) is 3.63. The molecular formula is C16H16BrN. The highest BCUT2D eigenvalue weighted by Crippen LogP contribution is 2.30. The maximum absolute atomic E-state index is 4.70. The minimum Gasteiger partial charge on any atom is -0.251 e. The summed E-state index contributed by atoms with van der Waals surface area (Å²) in [6.07, 6.45) is 0.944. The van der Waals surface area contributed by atoms with Gasteiger partial charge < -0.3 is 0 Å². The first-order valence-electron chi connectivity index (χ1n) is 6.04. The minimum atomic E-state index is 0.944. The van der Waals surface area contributed by atoms with Crippen molar-refractivity contribution in [2.75, 3.05) is 0 Å². The van der Waals surface area contributed by atoms with Crippen molar-refractivity contribution >= 4 is 21.5 Å². The number of hydrogen-bond acceptors (Lipinski definition) is 1. The van der Waals surface area contributed by atoms with Crippen molar-refractivity contribution in [1.82, 2.24) is 4.98 Å². The van der Waals surface area contributed by atoms with Gasteiger partial charge in [0.05, 0.1) is 5.69 Å². The summed E-state index contributed by atoms with van der Waals surface area (Å²) in [6, 6.07) is 12.3. The zero-order chi connectivity index (χ0) is 13.1. The molecular weight excluding hydrogens is 286 g/mol. The Balaban J connectivity index is 2.53. The van der Waals surface area contributed by atoms with Crippen LogP contribution in [0.2, 0.25) is 0 Å². The maximum Gasteiger partial charge on any atom is 0.0847 e. The Bertz CT molecular complexity index is 573. The van der Waals surface area contributed by atoms with Crippen molar-refractivity contribution < 1.29 is 0 Å². The molecule has 2 rings (SSSR count). The Morgan fingerprint density at radius 3 is 2.56 bits per heavy atom. The molecule has 18 heavy (non-hydrogen) atoms. The van der Waals surface area contributed by atoms with E-state index in [9.17, 15) is 0 Å². The average molecular weight is 302 g/mol. The van der Waals surface area contributed by atoms with Crippen LogP contribution >= 0.6 is 15.9 Å². The van der Waals surface area contributed by atoms with E-state index in [-0.39, 0.29) is 0 Å². The lowest BCUT2D eigenvalue weighted by Gasteiger charge is -2.11. The van der Waals surface area contributed by atoms with Crippen molar-refractivity contribution in [1.29, 1.82) is 0 Å². The van der Waals surface area contributed by atoms with Crippen molar-refractivity contribution in [2.45, 2.75) is 20.3 Å². The summed E-state index contributed by atoms with van der Waals surface area (Å²) < 4.78 is 1.02. The fourth-order valence-corrected chi connectivity index (χ4v) is 2.47. The molecule has 1 nitrogen and oxygen atoms in total. The van der Waals surface area contributed by atoms with Gasteiger partial charge in [-0.3, -0.25) is 4.98 Å². The zero-order valence-corrected chi connectivity index (χ0v) is 12.3. The zero-order valence-electron chi connectivity index (χ0n) is 10.7. The lowest BCUT2D eigenvalue weighted by molar-refractivity contribution is 1.15. The second-order valence-corrected chi connectivity index (χ2v) is 5.13. The van der Waals surface area contributed by atoms with Crippen LogP contribution < -0.4 is 0 Å². The van der Waals surface area contributed by atoms with Crippen LogP contribution in [0.25, 0.3) is 16.8 Å². The van der Waals surface area contributed by atoms with Crippen LogP contribution in [0.5, 0.6) is 0 Å². The number of allylic oxidation sites excluding steroid dienone is 1. The highest BCUT2D eigenvalue weighted by Gasteiger charge is 2.10. The summed E-state index contributed by atoms with van der Waals surface area (Å²) in [5, 5.41) is 0. The molecule has 0 amide bonds. The van der Waals surface area contributed by atoms with Gasteiger partial charge in [0.25, 0.3) is 0 Å². The minimum absolute atomic E-state index is 0.944. The Morgan fingerprint density at radius 2 is 1.94 bits per heavy atom. The van der Waals surface area contributed by atoms with Crippen molar-refractivity contribution in [2.24, 2.45) is 0 Å². The van der Waals surface area contributed by atoms with Gasteiger partial charge in [0.15, 0.2) is 0 Å². The number of nitrogens with zero attached hydrogens (tertiary/aromatic N) is 1. The number of aromatic nitrogens is 1. The largest absolute Gasteiger partial charge is 0.251 e. The molecule has 1 aromatic carbocycles. The second-order valence-electron chi connectivity index (χ2n) is 4.27. The Kier molecular flexibility index (Phi) is 3.97. The molecule has 0 saturated carbocycles. The first-order chi connectivity index (χ1) is 8.63. The SMILES string of the molecule is C=C(CC)c1cc(Br)c(-c2ccccc2)nc1C. The van der Waals surface area contributed by atoms with E-state index in [0.717, 1.165) is 39.0 Å². The summed E-state index contributed by atoms with van der Waals surface area (Å²) in [4.78, 5) is 4.70. The molecule has 0 aliphatic heterocycles. The monoisotopic (exact) mass is 301 g/mol.